The molecule has 0 amide bonds. The summed E-state index contributed by atoms with van der Waals surface area (Å²) in [5.41, 5.74) is -0.115. The van der Waals surface area contributed by atoms with Crippen LogP contribution in [-0.2, 0) is 10.0 Å². The molecular weight excluding hydrogens is 356 g/mol. The lowest BCUT2D eigenvalue weighted by molar-refractivity contribution is -0.865. The van der Waals surface area contributed by atoms with Crippen molar-refractivity contribution in [2.45, 2.75) is 18.7 Å². The molecule has 0 atom stereocenters. The van der Waals surface area contributed by atoms with Crippen molar-refractivity contribution in [2.75, 3.05) is 34.3 Å². The number of nitrogens with one attached hydrogen (secondary N) is 2. The molecule has 7 heteroatoms. The van der Waals surface area contributed by atoms with Gasteiger partial charge in [-0.3, -0.25) is 0 Å². The number of rotatable bonds is 7. The number of sulfonamides is 1. The molecule has 0 saturated carbocycles. The first-order valence-corrected chi connectivity index (χ1v) is 8.97. The van der Waals surface area contributed by atoms with Crippen LogP contribution in [0.1, 0.15) is 13.8 Å². The predicted molar refractivity (Wildman–Crippen MR) is 87.3 cm³/mol. The summed E-state index contributed by atoms with van der Waals surface area (Å²) in [6.07, 6.45) is 0. The number of halogens is 1. The fraction of sp³-hybridized carbons (Fsp3) is 0.571. The molecule has 5 nitrogen and oxygen atoms in total. The average molecular weight is 380 g/mol. The second-order valence-electron chi connectivity index (χ2n) is 6.17. The molecule has 1 aromatic rings. The Labute approximate surface area is 135 Å². The summed E-state index contributed by atoms with van der Waals surface area (Å²) in [4.78, 5) is 1.51. The maximum atomic E-state index is 12.3. The first-order chi connectivity index (χ1) is 9.57. The Hall–Kier alpha value is -0.630. The number of ether oxygens (including phenoxy) is 1. The average Bonchev–Trinajstić information content (AvgIpc) is 2.35. The van der Waals surface area contributed by atoms with Crippen molar-refractivity contribution in [3.8, 4) is 5.75 Å². The molecule has 0 spiro atoms. The Morgan fingerprint density at radius 2 is 1.95 bits per heavy atom. The van der Waals surface area contributed by atoms with Crippen molar-refractivity contribution < 1.29 is 18.1 Å². The second kappa shape index (κ2) is 7.09. The molecule has 0 aromatic heterocycles. The maximum Gasteiger partial charge on any atom is 0.240 e. The molecule has 0 aliphatic carbocycles. The van der Waals surface area contributed by atoms with Crippen molar-refractivity contribution >= 4 is 26.0 Å². The first kappa shape index (κ1) is 18.4. The molecule has 120 valence electrons. The van der Waals surface area contributed by atoms with Gasteiger partial charge in [-0.05, 0) is 34.1 Å². The van der Waals surface area contributed by atoms with Gasteiger partial charge in [-0.15, -0.1) is 0 Å². The largest absolute Gasteiger partial charge is 0.496 e. The summed E-state index contributed by atoms with van der Waals surface area (Å²) in [6.45, 7) is 5.37. The van der Waals surface area contributed by atoms with Crippen molar-refractivity contribution in [3.05, 3.63) is 22.7 Å². The van der Waals surface area contributed by atoms with Crippen LogP contribution in [0.4, 0.5) is 0 Å². The molecule has 0 bridgehead atoms. The highest BCUT2D eigenvalue weighted by molar-refractivity contribution is 9.10. The number of quaternary nitrogens is 1. The molecule has 0 saturated heterocycles. The van der Waals surface area contributed by atoms with Crippen LogP contribution < -0.4 is 14.4 Å². The van der Waals surface area contributed by atoms with Crippen molar-refractivity contribution in [3.63, 3.8) is 0 Å². The van der Waals surface area contributed by atoms with Gasteiger partial charge in [-0.2, -0.15) is 0 Å². The van der Waals surface area contributed by atoms with E-state index in [4.69, 9.17) is 4.74 Å². The van der Waals surface area contributed by atoms with Gasteiger partial charge < -0.3 is 9.64 Å². The fourth-order valence-corrected chi connectivity index (χ4v) is 4.17. The Morgan fingerprint density at radius 3 is 2.43 bits per heavy atom. The van der Waals surface area contributed by atoms with E-state index in [1.807, 2.05) is 13.8 Å². The number of hydrogen-bond acceptors (Lipinski definition) is 3. The number of methoxy groups -OCH3 is 1. The van der Waals surface area contributed by atoms with Gasteiger partial charge in [0.2, 0.25) is 10.0 Å². The normalized spacial score (nSPS) is 12.7. The predicted octanol–water partition coefficient (Wildman–Crippen LogP) is 0.907. The Bertz CT molecular complexity index is 586. The molecule has 2 N–H and O–H groups in total. The van der Waals surface area contributed by atoms with Crippen molar-refractivity contribution in [2.24, 2.45) is 5.41 Å². The van der Waals surface area contributed by atoms with E-state index in [9.17, 15) is 8.42 Å². The summed E-state index contributed by atoms with van der Waals surface area (Å²) in [7, 11) is 2.12. The summed E-state index contributed by atoms with van der Waals surface area (Å²) in [5.74, 6) is 0.602. The lowest BCUT2D eigenvalue weighted by atomic mass is 9.93. The highest BCUT2D eigenvalue weighted by atomic mass is 79.9. The van der Waals surface area contributed by atoms with E-state index in [1.54, 1.807) is 19.2 Å². The molecule has 0 radical (unpaired) electrons. The third kappa shape index (κ3) is 5.58. The van der Waals surface area contributed by atoms with Crippen LogP contribution in [0.3, 0.4) is 0 Å². The standard InChI is InChI=1S/C14H23BrN2O3S/c1-14(2,10-17(3)4)9-16-21(18,19)11-6-7-13(20-5)12(15)8-11/h6-8,16H,9-10H2,1-5H3/p+1. The van der Waals surface area contributed by atoms with Gasteiger partial charge in [0.05, 0.1) is 37.1 Å². The Kier molecular flexibility index (Phi) is 6.22. The second-order valence-corrected chi connectivity index (χ2v) is 8.79. The lowest BCUT2D eigenvalue weighted by Gasteiger charge is -2.26. The highest BCUT2D eigenvalue weighted by Gasteiger charge is 2.25. The Balaban J connectivity index is 2.85. The molecule has 1 aromatic carbocycles. The van der Waals surface area contributed by atoms with E-state index >= 15 is 0 Å². The van der Waals surface area contributed by atoms with E-state index in [1.165, 1.54) is 11.0 Å². The van der Waals surface area contributed by atoms with Crippen LogP contribution in [0.25, 0.3) is 0 Å². The molecule has 0 unspecified atom stereocenters. The van der Waals surface area contributed by atoms with E-state index in [-0.39, 0.29) is 10.3 Å². The van der Waals surface area contributed by atoms with E-state index in [2.05, 4.69) is 34.7 Å². The van der Waals surface area contributed by atoms with Crippen molar-refractivity contribution in [1.82, 2.24) is 4.72 Å². The van der Waals surface area contributed by atoms with Gasteiger partial charge in [0.15, 0.2) is 0 Å². The van der Waals surface area contributed by atoms with Gasteiger partial charge >= 0.3 is 0 Å². The van der Waals surface area contributed by atoms with Crippen LogP contribution in [0.15, 0.2) is 27.6 Å². The van der Waals surface area contributed by atoms with Gasteiger partial charge in [0.1, 0.15) is 5.75 Å². The quantitative estimate of drug-likeness (QED) is 0.739. The van der Waals surface area contributed by atoms with Crippen LogP contribution in [-0.4, -0.2) is 42.7 Å². The van der Waals surface area contributed by atoms with Crippen molar-refractivity contribution in [1.29, 1.82) is 0 Å². The molecule has 0 fully saturated rings. The zero-order valence-electron chi connectivity index (χ0n) is 13.2. The fourth-order valence-electron chi connectivity index (χ4n) is 2.21. The third-order valence-electron chi connectivity index (χ3n) is 3.01. The summed E-state index contributed by atoms with van der Waals surface area (Å²) < 4.78 is 33.1. The molecular formula is C14H24BrN2O3S+. The molecule has 0 aliphatic rings. The minimum atomic E-state index is -3.52. The van der Waals surface area contributed by atoms with E-state index < -0.39 is 10.0 Å². The maximum absolute atomic E-state index is 12.3. The van der Waals surface area contributed by atoms with Crippen LogP contribution >= 0.6 is 15.9 Å². The highest BCUT2D eigenvalue weighted by Crippen LogP contribution is 2.27. The van der Waals surface area contributed by atoms with Gasteiger partial charge in [-0.25, -0.2) is 13.1 Å². The zero-order valence-corrected chi connectivity index (χ0v) is 15.6. The van der Waals surface area contributed by atoms with E-state index in [0.29, 0.717) is 16.8 Å². The van der Waals surface area contributed by atoms with Crippen LogP contribution in [0.5, 0.6) is 5.75 Å². The lowest BCUT2D eigenvalue weighted by Crippen LogP contribution is -3.07. The monoisotopic (exact) mass is 379 g/mol. The number of benzene rings is 1. The van der Waals surface area contributed by atoms with E-state index in [0.717, 1.165) is 6.54 Å². The molecule has 0 aliphatic heterocycles. The van der Waals surface area contributed by atoms with Crippen LogP contribution in [0.2, 0.25) is 0 Å². The molecule has 21 heavy (non-hydrogen) atoms. The first-order valence-electron chi connectivity index (χ1n) is 6.70. The minimum absolute atomic E-state index is 0.115. The Morgan fingerprint density at radius 1 is 1.33 bits per heavy atom. The molecule has 1 rings (SSSR count). The van der Waals surface area contributed by atoms with Gasteiger partial charge in [-0.1, -0.05) is 13.8 Å². The minimum Gasteiger partial charge on any atom is -0.496 e. The zero-order chi connectivity index (χ0) is 16.3. The summed E-state index contributed by atoms with van der Waals surface area (Å²) in [5, 5.41) is 0. The summed E-state index contributed by atoms with van der Waals surface area (Å²) in [6, 6.07) is 4.72. The van der Waals surface area contributed by atoms with Gasteiger partial charge in [0.25, 0.3) is 0 Å². The third-order valence-corrected chi connectivity index (χ3v) is 5.03. The SMILES string of the molecule is COc1ccc(S(=O)(=O)NCC(C)(C)C[NH+](C)C)cc1Br. The molecule has 0 heterocycles. The number of hydrogen-bond donors (Lipinski definition) is 2. The smallest absolute Gasteiger partial charge is 0.240 e. The van der Waals surface area contributed by atoms with Gasteiger partial charge in [0, 0.05) is 12.0 Å². The summed E-state index contributed by atoms with van der Waals surface area (Å²) >= 11 is 3.30. The van der Waals surface area contributed by atoms with Crippen LogP contribution in [0, 0.1) is 5.41 Å². The topological polar surface area (TPSA) is 59.8 Å².